The fourth-order valence-electron chi connectivity index (χ4n) is 3.60. The highest BCUT2D eigenvalue weighted by Crippen LogP contribution is 2.32. The van der Waals surface area contributed by atoms with E-state index >= 15 is 0 Å². The fraction of sp³-hybridized carbons (Fsp3) is 0.611. The number of rotatable bonds is 4. The first-order valence-corrected chi connectivity index (χ1v) is 11.4. The molecule has 2 fully saturated rings. The Morgan fingerprint density at radius 1 is 1.15 bits per heavy atom. The first-order valence-electron chi connectivity index (χ1n) is 9.18. The van der Waals surface area contributed by atoms with Crippen molar-refractivity contribution in [1.29, 1.82) is 0 Å². The van der Waals surface area contributed by atoms with Gasteiger partial charge >= 0.3 is 0 Å². The highest BCUT2D eigenvalue weighted by molar-refractivity contribution is 7.89. The highest BCUT2D eigenvalue weighted by atomic mass is 35.5. The molecule has 1 aliphatic carbocycles. The molecule has 1 aliphatic heterocycles. The zero-order valence-electron chi connectivity index (χ0n) is 15.2. The molecular formula is C18H24Cl2N2O4S. The molecule has 2 unspecified atom stereocenters. The van der Waals surface area contributed by atoms with Gasteiger partial charge in [-0.25, -0.2) is 8.42 Å². The minimum Gasteiger partial charge on any atom is -0.379 e. The lowest BCUT2D eigenvalue weighted by Gasteiger charge is -2.30. The molecule has 0 bridgehead atoms. The molecule has 1 N–H and O–H groups in total. The molecule has 27 heavy (non-hydrogen) atoms. The van der Waals surface area contributed by atoms with Gasteiger partial charge in [0.1, 0.15) is 4.90 Å². The Balaban J connectivity index is 1.88. The average Bonchev–Trinajstić information content (AvgIpc) is 2.64. The van der Waals surface area contributed by atoms with Gasteiger partial charge in [-0.2, -0.15) is 4.31 Å². The molecular weight excluding hydrogens is 411 g/mol. The SMILES string of the molecule is CC1CCCCC1NC(=O)c1cc(S(=O)(=O)N2CCOCC2)c(Cl)cc1Cl. The monoisotopic (exact) mass is 434 g/mol. The van der Waals surface area contributed by atoms with E-state index in [9.17, 15) is 13.2 Å². The van der Waals surface area contributed by atoms with Crippen LogP contribution in [0.1, 0.15) is 43.0 Å². The van der Waals surface area contributed by atoms with Crippen molar-refractivity contribution in [3.8, 4) is 0 Å². The van der Waals surface area contributed by atoms with Crippen LogP contribution in [0.2, 0.25) is 10.0 Å². The van der Waals surface area contributed by atoms with Gasteiger partial charge in [0.05, 0.1) is 28.8 Å². The second-order valence-corrected chi connectivity index (χ2v) is 9.84. The summed E-state index contributed by atoms with van der Waals surface area (Å²) < 4.78 is 32.4. The zero-order valence-corrected chi connectivity index (χ0v) is 17.5. The Bertz CT molecular complexity index is 810. The van der Waals surface area contributed by atoms with Gasteiger partial charge in [-0.1, -0.05) is 43.0 Å². The van der Waals surface area contributed by atoms with Gasteiger partial charge in [0, 0.05) is 19.1 Å². The minimum atomic E-state index is -3.83. The molecule has 2 atom stereocenters. The minimum absolute atomic E-state index is 0.00840. The molecule has 150 valence electrons. The number of halogens is 2. The van der Waals surface area contributed by atoms with Gasteiger partial charge in [0.2, 0.25) is 10.0 Å². The van der Waals surface area contributed by atoms with E-state index in [1.807, 2.05) is 0 Å². The quantitative estimate of drug-likeness (QED) is 0.788. The van der Waals surface area contributed by atoms with Crippen LogP contribution in [0.5, 0.6) is 0 Å². The van der Waals surface area contributed by atoms with Crippen LogP contribution < -0.4 is 5.32 Å². The molecule has 9 heteroatoms. The molecule has 3 rings (SSSR count). The molecule has 6 nitrogen and oxygen atoms in total. The number of nitrogens with one attached hydrogen (secondary N) is 1. The summed E-state index contributed by atoms with van der Waals surface area (Å²) in [4.78, 5) is 12.7. The number of amides is 1. The molecule has 1 amide bonds. The van der Waals surface area contributed by atoms with Gasteiger partial charge in [-0.05, 0) is 30.9 Å². The maximum absolute atomic E-state index is 12.9. The lowest BCUT2D eigenvalue weighted by molar-refractivity contribution is 0.0730. The second-order valence-electron chi connectivity index (χ2n) is 7.12. The van der Waals surface area contributed by atoms with Crippen molar-refractivity contribution in [1.82, 2.24) is 9.62 Å². The number of nitrogens with zero attached hydrogens (tertiary/aromatic N) is 1. The van der Waals surface area contributed by atoms with E-state index in [2.05, 4.69) is 12.2 Å². The third-order valence-corrected chi connectivity index (χ3v) is 7.96. The van der Waals surface area contributed by atoms with E-state index in [1.165, 1.54) is 16.4 Å². The highest BCUT2D eigenvalue weighted by Gasteiger charge is 2.31. The Hall–Kier alpha value is -0.860. The van der Waals surface area contributed by atoms with Crippen molar-refractivity contribution in [2.45, 2.75) is 43.5 Å². The van der Waals surface area contributed by atoms with Crippen LogP contribution in [0.15, 0.2) is 17.0 Å². The summed E-state index contributed by atoms with van der Waals surface area (Å²) in [5, 5.41) is 3.16. The van der Waals surface area contributed by atoms with E-state index < -0.39 is 10.0 Å². The lowest BCUT2D eigenvalue weighted by atomic mass is 9.86. The summed E-state index contributed by atoms with van der Waals surface area (Å²) in [7, 11) is -3.83. The van der Waals surface area contributed by atoms with Gasteiger partial charge < -0.3 is 10.1 Å². The Morgan fingerprint density at radius 3 is 2.48 bits per heavy atom. The number of carbonyl (C=O) groups excluding carboxylic acids is 1. The number of hydrogen-bond donors (Lipinski definition) is 1. The van der Waals surface area contributed by atoms with Gasteiger partial charge in [-0.3, -0.25) is 4.79 Å². The molecule has 0 spiro atoms. The maximum Gasteiger partial charge on any atom is 0.253 e. The Kier molecular flexibility index (Phi) is 6.69. The summed E-state index contributed by atoms with van der Waals surface area (Å²) in [6.45, 7) is 3.28. The molecule has 0 radical (unpaired) electrons. The van der Waals surface area contributed by atoms with Gasteiger partial charge in [0.15, 0.2) is 0 Å². The summed E-state index contributed by atoms with van der Waals surface area (Å²) in [5.41, 5.74) is 0.130. The largest absolute Gasteiger partial charge is 0.379 e. The lowest BCUT2D eigenvalue weighted by Crippen LogP contribution is -2.42. The molecule has 1 heterocycles. The van der Waals surface area contributed by atoms with Crippen LogP contribution in [0.4, 0.5) is 0 Å². The van der Waals surface area contributed by atoms with E-state index in [-0.39, 0.29) is 45.5 Å². The number of carbonyl (C=O) groups is 1. The van der Waals surface area contributed by atoms with Crippen molar-refractivity contribution in [2.24, 2.45) is 5.92 Å². The van der Waals surface area contributed by atoms with Gasteiger partial charge in [0.25, 0.3) is 5.91 Å². The molecule has 2 aliphatic rings. The number of benzene rings is 1. The van der Waals surface area contributed by atoms with Crippen LogP contribution in [0.25, 0.3) is 0 Å². The Morgan fingerprint density at radius 2 is 1.81 bits per heavy atom. The van der Waals surface area contributed by atoms with Crippen molar-refractivity contribution in [2.75, 3.05) is 26.3 Å². The standard InChI is InChI=1S/C18H24Cl2N2O4S/c1-12-4-2-3-5-16(12)21-18(23)13-10-17(15(20)11-14(13)19)27(24,25)22-6-8-26-9-7-22/h10-12,16H,2-9H2,1H3,(H,21,23). The Labute approximate surface area is 170 Å². The van der Waals surface area contributed by atoms with E-state index in [0.717, 1.165) is 25.7 Å². The van der Waals surface area contributed by atoms with Crippen molar-refractivity contribution >= 4 is 39.1 Å². The molecule has 1 aromatic rings. The third-order valence-electron chi connectivity index (χ3n) is 5.28. The van der Waals surface area contributed by atoms with Crippen LogP contribution in [-0.4, -0.2) is 51.0 Å². The fourth-order valence-corrected chi connectivity index (χ4v) is 5.85. The van der Waals surface area contributed by atoms with Crippen LogP contribution >= 0.6 is 23.2 Å². The summed E-state index contributed by atoms with van der Waals surface area (Å²) >= 11 is 12.4. The summed E-state index contributed by atoms with van der Waals surface area (Å²) in [5.74, 6) is 0.0131. The number of ether oxygens (including phenoxy) is 1. The van der Waals surface area contributed by atoms with Crippen molar-refractivity contribution in [3.63, 3.8) is 0 Å². The predicted octanol–water partition coefficient (Wildman–Crippen LogP) is 3.32. The second kappa shape index (κ2) is 8.66. The first kappa shape index (κ1) is 20.9. The van der Waals surface area contributed by atoms with Crippen LogP contribution in [0.3, 0.4) is 0 Å². The number of hydrogen-bond acceptors (Lipinski definition) is 4. The first-order chi connectivity index (χ1) is 12.8. The summed E-state index contributed by atoms with van der Waals surface area (Å²) in [6.07, 6.45) is 4.21. The topological polar surface area (TPSA) is 75.7 Å². The average molecular weight is 435 g/mol. The molecule has 1 aromatic carbocycles. The summed E-state index contributed by atoms with van der Waals surface area (Å²) in [6, 6.07) is 2.69. The van der Waals surface area contributed by atoms with Crippen LogP contribution in [-0.2, 0) is 14.8 Å². The molecule has 1 saturated heterocycles. The molecule has 1 saturated carbocycles. The third kappa shape index (κ3) is 4.59. The van der Waals surface area contributed by atoms with E-state index in [4.69, 9.17) is 27.9 Å². The number of sulfonamides is 1. The smallest absolute Gasteiger partial charge is 0.253 e. The van der Waals surface area contributed by atoms with Gasteiger partial charge in [-0.15, -0.1) is 0 Å². The van der Waals surface area contributed by atoms with E-state index in [0.29, 0.717) is 19.1 Å². The molecule has 0 aromatic heterocycles. The van der Waals surface area contributed by atoms with Crippen LogP contribution in [0, 0.1) is 5.92 Å². The maximum atomic E-state index is 12.9. The number of morpholine rings is 1. The van der Waals surface area contributed by atoms with E-state index in [1.54, 1.807) is 0 Å². The zero-order chi connectivity index (χ0) is 19.6. The van der Waals surface area contributed by atoms with Crippen molar-refractivity contribution < 1.29 is 17.9 Å². The normalized spacial score (nSPS) is 24.6. The predicted molar refractivity (Wildman–Crippen MR) is 105 cm³/mol. The van der Waals surface area contributed by atoms with Crippen molar-refractivity contribution in [3.05, 3.63) is 27.7 Å².